The minimum absolute atomic E-state index is 0.0717. The molecule has 0 aliphatic heterocycles. The highest BCUT2D eigenvalue weighted by atomic mass is 35.5. The summed E-state index contributed by atoms with van der Waals surface area (Å²) >= 11 is 6.24. The number of aromatic nitrogens is 1. The third kappa shape index (κ3) is 4.66. The van der Waals surface area contributed by atoms with Crippen molar-refractivity contribution in [3.63, 3.8) is 0 Å². The van der Waals surface area contributed by atoms with Crippen molar-refractivity contribution < 1.29 is 23.8 Å². The number of rotatable bonds is 7. The van der Waals surface area contributed by atoms with Crippen LogP contribution in [0.1, 0.15) is 6.42 Å². The maximum Gasteiger partial charge on any atom is 0.306 e. The van der Waals surface area contributed by atoms with E-state index in [0.29, 0.717) is 41.0 Å². The molecule has 0 bridgehead atoms. The second kappa shape index (κ2) is 8.09. The molecule has 1 aliphatic rings. The largest absolute Gasteiger partial charge is 0.493 e. The molecule has 5 nitrogen and oxygen atoms in total. The lowest BCUT2D eigenvalue weighted by molar-refractivity contribution is -0.138. The molecule has 2 unspecified atom stereocenters. The van der Waals surface area contributed by atoms with Gasteiger partial charge >= 0.3 is 5.97 Å². The van der Waals surface area contributed by atoms with E-state index in [4.69, 9.17) is 26.2 Å². The van der Waals surface area contributed by atoms with Crippen LogP contribution in [0.25, 0.3) is 11.1 Å². The highest BCUT2D eigenvalue weighted by Gasteiger charge is 2.43. The number of ether oxygens (including phenoxy) is 2. The van der Waals surface area contributed by atoms with E-state index in [0.717, 1.165) is 5.56 Å². The summed E-state index contributed by atoms with van der Waals surface area (Å²) < 4.78 is 24.7. The summed E-state index contributed by atoms with van der Waals surface area (Å²) in [5, 5.41) is 9.25. The Kier molecular flexibility index (Phi) is 5.36. The number of carboxylic acid groups (broad SMARTS) is 1. The van der Waals surface area contributed by atoms with Crippen molar-refractivity contribution >= 4 is 17.6 Å². The van der Waals surface area contributed by atoms with Gasteiger partial charge in [-0.3, -0.25) is 4.79 Å². The Balaban J connectivity index is 1.45. The van der Waals surface area contributed by atoms with Crippen LogP contribution in [0, 0.1) is 17.7 Å². The Morgan fingerprint density at radius 2 is 1.93 bits per heavy atom. The normalized spacial score (nSPS) is 17.6. The Morgan fingerprint density at radius 1 is 1.14 bits per heavy atom. The van der Waals surface area contributed by atoms with Crippen LogP contribution < -0.4 is 9.47 Å². The molecule has 4 rings (SSSR count). The van der Waals surface area contributed by atoms with Crippen molar-refractivity contribution in [2.24, 2.45) is 11.8 Å². The number of benzene rings is 2. The van der Waals surface area contributed by atoms with Crippen LogP contribution in [0.3, 0.4) is 0 Å². The van der Waals surface area contributed by atoms with E-state index < -0.39 is 5.97 Å². The summed E-state index contributed by atoms with van der Waals surface area (Å²) in [6.07, 6.45) is 2.13. The monoisotopic (exact) mass is 413 g/mol. The lowest BCUT2D eigenvalue weighted by Gasteiger charge is -2.10. The molecule has 29 heavy (non-hydrogen) atoms. The molecule has 3 aromatic rings. The van der Waals surface area contributed by atoms with Gasteiger partial charge in [-0.15, -0.1) is 0 Å². The Hall–Kier alpha value is -3.12. The minimum Gasteiger partial charge on any atom is -0.493 e. The maximum atomic E-state index is 13.3. The SMILES string of the molecule is O=C(O)C1CC1COc1ccc(-c2cc(Oc3cccc(F)c3)cnc2Cl)cc1. The molecule has 7 heteroatoms. The zero-order valence-electron chi connectivity index (χ0n) is 15.2. The van der Waals surface area contributed by atoms with E-state index in [2.05, 4.69) is 4.98 Å². The first kappa shape index (κ1) is 19.2. The van der Waals surface area contributed by atoms with E-state index in [9.17, 15) is 9.18 Å². The van der Waals surface area contributed by atoms with Crippen molar-refractivity contribution in [2.75, 3.05) is 6.61 Å². The zero-order chi connectivity index (χ0) is 20.4. The first-order chi connectivity index (χ1) is 14.0. The minimum atomic E-state index is -0.767. The van der Waals surface area contributed by atoms with E-state index in [1.54, 1.807) is 30.3 Å². The highest BCUT2D eigenvalue weighted by Crippen LogP contribution is 2.39. The van der Waals surface area contributed by atoms with Crippen molar-refractivity contribution in [1.82, 2.24) is 4.98 Å². The molecule has 148 valence electrons. The third-order valence-corrected chi connectivity index (χ3v) is 5.02. The number of carboxylic acids is 1. The van der Waals surface area contributed by atoms with Gasteiger partial charge in [-0.25, -0.2) is 9.37 Å². The van der Waals surface area contributed by atoms with Gasteiger partial charge in [-0.1, -0.05) is 29.8 Å². The van der Waals surface area contributed by atoms with Gasteiger partial charge in [0.1, 0.15) is 28.2 Å². The van der Waals surface area contributed by atoms with Gasteiger partial charge in [0.25, 0.3) is 0 Å². The van der Waals surface area contributed by atoms with Crippen molar-refractivity contribution in [3.05, 3.63) is 71.8 Å². The molecule has 0 saturated heterocycles. The Labute approximate surface area is 171 Å². The van der Waals surface area contributed by atoms with Crippen molar-refractivity contribution in [1.29, 1.82) is 0 Å². The highest BCUT2D eigenvalue weighted by molar-refractivity contribution is 6.32. The average Bonchev–Trinajstić information content (AvgIpc) is 3.49. The summed E-state index contributed by atoms with van der Waals surface area (Å²) in [5.74, 6) is 0.0772. The molecule has 0 spiro atoms. The summed E-state index contributed by atoms with van der Waals surface area (Å²) in [4.78, 5) is 15.0. The molecule has 0 amide bonds. The summed E-state index contributed by atoms with van der Waals surface area (Å²) in [5.41, 5.74) is 1.48. The van der Waals surface area contributed by atoms with E-state index in [1.165, 1.54) is 18.3 Å². The van der Waals surface area contributed by atoms with Gasteiger partial charge in [0, 0.05) is 17.5 Å². The first-order valence-electron chi connectivity index (χ1n) is 9.04. The first-order valence-corrected chi connectivity index (χ1v) is 9.42. The van der Waals surface area contributed by atoms with Gasteiger partial charge in [0.15, 0.2) is 0 Å². The number of aliphatic carboxylic acids is 1. The van der Waals surface area contributed by atoms with Gasteiger partial charge in [-0.05, 0) is 42.3 Å². The topological polar surface area (TPSA) is 68.7 Å². The third-order valence-electron chi connectivity index (χ3n) is 4.71. The summed E-state index contributed by atoms with van der Waals surface area (Å²) in [6.45, 7) is 0.385. The van der Waals surface area contributed by atoms with E-state index >= 15 is 0 Å². The molecule has 1 heterocycles. The molecule has 1 aromatic heterocycles. The number of halogens is 2. The van der Waals surface area contributed by atoms with Crippen LogP contribution in [-0.2, 0) is 4.79 Å². The lowest BCUT2D eigenvalue weighted by Crippen LogP contribution is -2.06. The molecule has 1 aliphatic carbocycles. The van der Waals surface area contributed by atoms with Gasteiger partial charge in [0.2, 0.25) is 0 Å². The van der Waals surface area contributed by atoms with Crippen LogP contribution in [0.15, 0.2) is 60.8 Å². The fourth-order valence-corrected chi connectivity index (χ4v) is 3.23. The van der Waals surface area contributed by atoms with Crippen molar-refractivity contribution in [2.45, 2.75) is 6.42 Å². The Bertz CT molecular complexity index is 1040. The average molecular weight is 414 g/mol. The number of nitrogens with zero attached hydrogens (tertiary/aromatic N) is 1. The zero-order valence-corrected chi connectivity index (χ0v) is 16.0. The van der Waals surface area contributed by atoms with Crippen LogP contribution in [-0.4, -0.2) is 22.7 Å². The smallest absolute Gasteiger partial charge is 0.306 e. The maximum absolute atomic E-state index is 13.3. The number of hydrogen-bond acceptors (Lipinski definition) is 4. The molecular formula is C22H17ClFNO4. The summed E-state index contributed by atoms with van der Waals surface area (Å²) in [6, 6.07) is 14.8. The van der Waals surface area contributed by atoms with Crippen LogP contribution in [0.2, 0.25) is 5.15 Å². The van der Waals surface area contributed by atoms with Crippen LogP contribution in [0.5, 0.6) is 17.2 Å². The molecule has 1 saturated carbocycles. The second-order valence-electron chi connectivity index (χ2n) is 6.84. The molecule has 2 atom stereocenters. The predicted octanol–water partition coefficient (Wildman–Crippen LogP) is 5.43. The summed E-state index contributed by atoms with van der Waals surface area (Å²) in [7, 11) is 0. The fourth-order valence-electron chi connectivity index (χ4n) is 3.02. The number of carbonyl (C=O) groups is 1. The van der Waals surface area contributed by atoms with Crippen molar-refractivity contribution in [3.8, 4) is 28.4 Å². The van der Waals surface area contributed by atoms with Crippen LogP contribution in [0.4, 0.5) is 4.39 Å². The van der Waals surface area contributed by atoms with Gasteiger partial charge in [-0.2, -0.15) is 0 Å². The van der Waals surface area contributed by atoms with E-state index in [-0.39, 0.29) is 17.7 Å². The number of hydrogen-bond donors (Lipinski definition) is 1. The quantitative estimate of drug-likeness (QED) is 0.523. The second-order valence-corrected chi connectivity index (χ2v) is 7.20. The molecule has 1 N–H and O–H groups in total. The standard InChI is InChI=1S/C22H17ClFNO4/c23-21-19(10-18(11-25-21)29-17-3-1-2-15(24)9-17)13-4-6-16(7-5-13)28-12-14-8-20(14)22(26)27/h1-7,9-11,14,20H,8,12H2,(H,26,27). The Morgan fingerprint density at radius 3 is 2.62 bits per heavy atom. The predicted molar refractivity (Wildman–Crippen MR) is 106 cm³/mol. The van der Waals surface area contributed by atoms with Gasteiger partial charge < -0.3 is 14.6 Å². The molecule has 0 radical (unpaired) electrons. The van der Waals surface area contributed by atoms with Gasteiger partial charge in [0.05, 0.1) is 18.7 Å². The molecular weight excluding hydrogens is 397 g/mol. The molecule has 2 aromatic carbocycles. The fraction of sp³-hybridized carbons (Fsp3) is 0.182. The van der Waals surface area contributed by atoms with E-state index in [1.807, 2.05) is 12.1 Å². The van der Waals surface area contributed by atoms with Crippen LogP contribution >= 0.6 is 11.6 Å². The lowest BCUT2D eigenvalue weighted by atomic mass is 10.1. The molecule has 1 fully saturated rings. The number of pyridine rings is 1.